The van der Waals surface area contributed by atoms with E-state index in [-0.39, 0.29) is 0 Å². The van der Waals surface area contributed by atoms with Crippen molar-refractivity contribution in [2.75, 3.05) is 0 Å². The van der Waals surface area contributed by atoms with Crippen LogP contribution in [-0.2, 0) is 38.5 Å². The molecule has 1 aliphatic carbocycles. The number of hydrogen-bond donors (Lipinski definition) is 0. The van der Waals surface area contributed by atoms with Crippen molar-refractivity contribution in [2.24, 2.45) is 0 Å². The average molecular weight is 915 g/mol. The van der Waals surface area contributed by atoms with Gasteiger partial charge in [-0.2, -0.15) is 5.26 Å². The van der Waals surface area contributed by atoms with E-state index < -0.39 is 0 Å². The van der Waals surface area contributed by atoms with Crippen LogP contribution in [0.4, 0.5) is 0 Å². The van der Waals surface area contributed by atoms with Crippen LogP contribution >= 0.6 is 0 Å². The fraction of sp³-hybridized carbons (Fsp3) is 0.134. The molecule has 4 heteroatoms. The second-order valence-electron chi connectivity index (χ2n) is 19.1. The minimum Gasteiger partial charge on any atom is -0.256 e. The van der Waals surface area contributed by atoms with Gasteiger partial charge >= 0.3 is 0 Å². The summed E-state index contributed by atoms with van der Waals surface area (Å²) in [6.45, 7) is 4.19. The molecule has 10 aromatic rings. The zero-order valence-corrected chi connectivity index (χ0v) is 40.4. The normalized spacial score (nSPS) is 11.8. The third-order valence-corrected chi connectivity index (χ3v) is 14.1. The minimum atomic E-state index is 0.659. The first-order valence-electron chi connectivity index (χ1n) is 24.9. The van der Waals surface area contributed by atoms with Crippen LogP contribution in [0.3, 0.4) is 0 Å². The molecule has 0 unspecified atom stereocenters. The molecule has 0 aliphatic heterocycles. The lowest BCUT2D eigenvalue weighted by Gasteiger charge is -2.18. The van der Waals surface area contributed by atoms with E-state index in [1.807, 2.05) is 42.7 Å². The summed E-state index contributed by atoms with van der Waals surface area (Å²) in [7, 11) is 0. The Labute approximate surface area is 418 Å². The van der Waals surface area contributed by atoms with Crippen LogP contribution in [0.25, 0.3) is 78.3 Å². The van der Waals surface area contributed by atoms with Crippen molar-refractivity contribution in [3.8, 4) is 84.3 Å². The fourth-order valence-electron chi connectivity index (χ4n) is 10.1. The topological polar surface area (TPSA) is 62.5 Å². The molecule has 0 spiro atoms. The number of nitriles is 1. The Balaban J connectivity index is 0.956. The molecule has 71 heavy (non-hydrogen) atoms. The molecule has 0 saturated heterocycles. The predicted octanol–water partition coefficient (Wildman–Crippen LogP) is 16.1. The number of hydrogen-bond acceptors (Lipinski definition) is 4. The largest absolute Gasteiger partial charge is 0.256 e. The first-order valence-corrected chi connectivity index (χ1v) is 24.9. The first-order chi connectivity index (χ1) is 34.9. The molecule has 0 amide bonds. The summed E-state index contributed by atoms with van der Waals surface area (Å²) < 4.78 is 0. The second-order valence-corrected chi connectivity index (χ2v) is 19.1. The van der Waals surface area contributed by atoms with E-state index in [4.69, 9.17) is 4.98 Å². The Bertz CT molecular complexity index is 3550. The van der Waals surface area contributed by atoms with Gasteiger partial charge in [0.05, 0.1) is 28.7 Å². The monoisotopic (exact) mass is 914 g/mol. The predicted molar refractivity (Wildman–Crippen MR) is 292 cm³/mol. The van der Waals surface area contributed by atoms with E-state index in [1.54, 1.807) is 0 Å². The summed E-state index contributed by atoms with van der Waals surface area (Å²) in [4.78, 5) is 14.3. The molecule has 0 saturated carbocycles. The van der Waals surface area contributed by atoms with Gasteiger partial charge in [0.1, 0.15) is 0 Å². The van der Waals surface area contributed by atoms with Gasteiger partial charge in [-0.1, -0.05) is 146 Å². The van der Waals surface area contributed by atoms with Crippen LogP contribution in [0, 0.1) is 25.2 Å². The molecule has 0 N–H and O–H groups in total. The van der Waals surface area contributed by atoms with Crippen molar-refractivity contribution < 1.29 is 0 Å². The summed E-state index contributed by atoms with van der Waals surface area (Å²) in [6, 6.07) is 70.6. The van der Waals surface area contributed by atoms with Crippen molar-refractivity contribution in [2.45, 2.75) is 58.8 Å². The first kappa shape index (κ1) is 45.0. The van der Waals surface area contributed by atoms with E-state index >= 15 is 0 Å². The molecule has 11 rings (SSSR count). The van der Waals surface area contributed by atoms with Crippen molar-refractivity contribution >= 4 is 0 Å². The maximum atomic E-state index is 9.42. The number of benzene rings is 7. The zero-order chi connectivity index (χ0) is 48.1. The molecule has 7 aromatic carbocycles. The molecule has 3 heterocycles. The van der Waals surface area contributed by atoms with E-state index in [1.165, 1.54) is 67.6 Å². The number of fused-ring (bicyclic) bond motifs is 1. The van der Waals surface area contributed by atoms with E-state index in [9.17, 15) is 5.26 Å². The van der Waals surface area contributed by atoms with E-state index in [0.717, 1.165) is 100 Å². The molecule has 1 aliphatic rings. The molecule has 4 nitrogen and oxygen atoms in total. The van der Waals surface area contributed by atoms with Gasteiger partial charge in [0.15, 0.2) is 0 Å². The van der Waals surface area contributed by atoms with E-state index in [2.05, 4.69) is 194 Å². The van der Waals surface area contributed by atoms with Crippen LogP contribution in [0.5, 0.6) is 0 Å². The van der Waals surface area contributed by atoms with Gasteiger partial charge < -0.3 is 0 Å². The van der Waals surface area contributed by atoms with Gasteiger partial charge in [-0.3, -0.25) is 15.0 Å². The summed E-state index contributed by atoms with van der Waals surface area (Å²) in [5.74, 6) is 0. The summed E-state index contributed by atoms with van der Waals surface area (Å²) in [5, 5.41) is 9.42. The van der Waals surface area contributed by atoms with Crippen LogP contribution in [0.1, 0.15) is 56.5 Å². The van der Waals surface area contributed by atoms with Crippen molar-refractivity contribution in [3.63, 3.8) is 0 Å². The highest BCUT2D eigenvalue weighted by Gasteiger charge is 2.18. The van der Waals surface area contributed by atoms with Crippen molar-refractivity contribution in [1.29, 1.82) is 5.26 Å². The van der Waals surface area contributed by atoms with Crippen LogP contribution < -0.4 is 0 Å². The number of pyridine rings is 3. The third-order valence-electron chi connectivity index (χ3n) is 14.1. The third kappa shape index (κ3) is 10.1. The maximum absolute atomic E-state index is 9.42. The molecule has 342 valence electrons. The summed E-state index contributed by atoms with van der Waals surface area (Å²) >= 11 is 0. The van der Waals surface area contributed by atoms with Gasteiger partial charge in [-0.15, -0.1) is 0 Å². The smallest absolute Gasteiger partial charge is 0.0991 e. The molecular formula is C67H54N4. The van der Waals surface area contributed by atoms with Crippen molar-refractivity contribution in [1.82, 2.24) is 15.0 Å². The van der Waals surface area contributed by atoms with Gasteiger partial charge in [-0.05, 0) is 190 Å². The van der Waals surface area contributed by atoms with E-state index in [0.29, 0.717) is 5.56 Å². The van der Waals surface area contributed by atoms with Gasteiger partial charge in [0.2, 0.25) is 0 Å². The standard InChI is InChI=1S/C67H54N4/c1-45-34-35-69-66(36-45)56-25-17-48(18-26-56)12-14-51-37-50(13-11-47-15-23-55(24-16-47)65-33-10-46(2)43-70-65)38-60(39-51)61-8-3-4-9-62(61)63-32-31-58(67-41-57-6-5-7-59(57)44-71-67)40-64(63)54-29-27-53(28-30-54)52-21-19-49(42-68)20-22-52/h3-4,8-10,15-41,43-44H,5-7,11-14H2,1-2H3. The summed E-state index contributed by atoms with van der Waals surface area (Å²) in [6.07, 6.45) is 13.0. The lowest BCUT2D eigenvalue weighted by molar-refractivity contribution is 0.911. The lowest BCUT2D eigenvalue weighted by atomic mass is 9.86. The molecule has 3 aromatic heterocycles. The average Bonchev–Trinajstić information content (AvgIpc) is 3.91. The molecule has 0 atom stereocenters. The minimum absolute atomic E-state index is 0.659. The lowest BCUT2D eigenvalue weighted by Crippen LogP contribution is -1.98. The second kappa shape index (κ2) is 20.2. The Kier molecular flexibility index (Phi) is 12.8. The Morgan fingerprint density at radius 1 is 0.380 bits per heavy atom. The number of aromatic nitrogens is 3. The quantitative estimate of drug-likeness (QED) is 0.116. The van der Waals surface area contributed by atoms with Gasteiger partial charge in [0, 0.05) is 35.3 Å². The maximum Gasteiger partial charge on any atom is 0.0991 e. The Morgan fingerprint density at radius 3 is 1.61 bits per heavy atom. The van der Waals surface area contributed by atoms with Crippen LogP contribution in [0.15, 0.2) is 207 Å². The highest BCUT2D eigenvalue weighted by atomic mass is 14.7. The Hall–Kier alpha value is -8.52. The summed E-state index contributed by atoms with van der Waals surface area (Å²) in [5.41, 5.74) is 26.8. The van der Waals surface area contributed by atoms with Gasteiger partial charge in [-0.25, -0.2) is 0 Å². The van der Waals surface area contributed by atoms with Crippen molar-refractivity contribution in [3.05, 3.63) is 257 Å². The molecular weight excluding hydrogens is 861 g/mol. The molecule has 0 radical (unpaired) electrons. The highest BCUT2D eigenvalue weighted by molar-refractivity contribution is 5.94. The van der Waals surface area contributed by atoms with Crippen LogP contribution in [-0.4, -0.2) is 15.0 Å². The highest BCUT2D eigenvalue weighted by Crippen LogP contribution is 2.42. The number of nitrogens with zero attached hydrogens (tertiary/aromatic N) is 4. The fourth-order valence-corrected chi connectivity index (χ4v) is 10.1. The molecule has 0 fully saturated rings. The van der Waals surface area contributed by atoms with Crippen LogP contribution in [0.2, 0.25) is 0 Å². The van der Waals surface area contributed by atoms with Gasteiger partial charge in [0.25, 0.3) is 0 Å². The number of rotatable bonds is 13. The Morgan fingerprint density at radius 2 is 0.944 bits per heavy atom. The molecule has 0 bridgehead atoms. The number of aryl methyl sites for hydroxylation is 8. The zero-order valence-electron chi connectivity index (χ0n) is 40.4. The SMILES string of the molecule is Cc1ccc(-c2ccc(CCc3cc(CCc4ccc(-c5cc(C)ccn5)cc4)cc(-c4ccccc4-c4ccc(-c5cc6c(cn5)CCC6)cc4-c4ccc(-c5ccc(C#N)cc5)cc4)c3)cc2)nc1.